The summed E-state index contributed by atoms with van der Waals surface area (Å²) >= 11 is 0. The Labute approximate surface area is 71.0 Å². The summed E-state index contributed by atoms with van der Waals surface area (Å²) in [7, 11) is 6.28. The summed E-state index contributed by atoms with van der Waals surface area (Å²) in [5.41, 5.74) is 0. The SMILES string of the molecule is CNCC(C)CC(C)N(C)C. The van der Waals surface area contributed by atoms with Crippen LogP contribution in [0, 0.1) is 5.92 Å². The molecule has 0 saturated heterocycles. The summed E-state index contributed by atoms with van der Waals surface area (Å²) in [6, 6.07) is 0.693. The van der Waals surface area contributed by atoms with E-state index in [1.165, 1.54) is 6.42 Å². The Kier molecular flexibility index (Phi) is 5.51. The molecule has 2 heteroatoms. The topological polar surface area (TPSA) is 15.3 Å². The molecule has 68 valence electrons. The lowest BCUT2D eigenvalue weighted by atomic mass is 10.0. The monoisotopic (exact) mass is 158 g/mol. The van der Waals surface area contributed by atoms with Crippen LogP contribution in [0.2, 0.25) is 0 Å². The van der Waals surface area contributed by atoms with Crippen LogP contribution in [0.3, 0.4) is 0 Å². The predicted octanol–water partition coefficient (Wildman–Crippen LogP) is 1.18. The highest BCUT2D eigenvalue weighted by molar-refractivity contribution is 4.65. The van der Waals surface area contributed by atoms with Crippen molar-refractivity contribution in [3.8, 4) is 0 Å². The Bertz CT molecular complexity index is 91.6. The molecular weight excluding hydrogens is 136 g/mol. The first kappa shape index (κ1) is 10.9. The van der Waals surface area contributed by atoms with Gasteiger partial charge in [-0.3, -0.25) is 0 Å². The predicted molar refractivity (Wildman–Crippen MR) is 50.9 cm³/mol. The first-order chi connectivity index (χ1) is 5.07. The van der Waals surface area contributed by atoms with Gasteiger partial charge in [-0.2, -0.15) is 0 Å². The van der Waals surface area contributed by atoms with E-state index in [1.807, 2.05) is 7.05 Å². The molecule has 0 rings (SSSR count). The van der Waals surface area contributed by atoms with E-state index in [0.717, 1.165) is 12.5 Å². The van der Waals surface area contributed by atoms with Crippen molar-refractivity contribution in [3.05, 3.63) is 0 Å². The molecule has 0 bridgehead atoms. The van der Waals surface area contributed by atoms with E-state index in [4.69, 9.17) is 0 Å². The van der Waals surface area contributed by atoms with E-state index < -0.39 is 0 Å². The van der Waals surface area contributed by atoms with Crippen LogP contribution in [0.1, 0.15) is 20.3 Å². The van der Waals surface area contributed by atoms with E-state index in [9.17, 15) is 0 Å². The molecule has 0 radical (unpaired) electrons. The summed E-state index contributed by atoms with van der Waals surface area (Å²) in [6.07, 6.45) is 1.27. The second kappa shape index (κ2) is 5.56. The molecule has 0 heterocycles. The van der Waals surface area contributed by atoms with Crippen molar-refractivity contribution in [2.24, 2.45) is 5.92 Å². The standard InChI is InChI=1S/C9H22N2/c1-8(7-10-3)6-9(2)11(4)5/h8-10H,6-7H2,1-5H3. The van der Waals surface area contributed by atoms with Gasteiger partial charge in [0.1, 0.15) is 0 Å². The Balaban J connectivity index is 3.48. The first-order valence-electron chi connectivity index (χ1n) is 4.39. The second-order valence-electron chi connectivity index (χ2n) is 3.71. The van der Waals surface area contributed by atoms with Gasteiger partial charge in [0.2, 0.25) is 0 Å². The van der Waals surface area contributed by atoms with Crippen molar-refractivity contribution >= 4 is 0 Å². The molecule has 1 N–H and O–H groups in total. The number of rotatable bonds is 5. The average molecular weight is 158 g/mol. The largest absolute Gasteiger partial charge is 0.319 e. The second-order valence-corrected chi connectivity index (χ2v) is 3.71. The third-order valence-corrected chi connectivity index (χ3v) is 2.18. The number of nitrogens with zero attached hydrogens (tertiary/aromatic N) is 1. The van der Waals surface area contributed by atoms with E-state index in [2.05, 4.69) is 38.2 Å². The number of hydrogen-bond acceptors (Lipinski definition) is 2. The van der Waals surface area contributed by atoms with Crippen LogP contribution in [0.25, 0.3) is 0 Å². The quantitative estimate of drug-likeness (QED) is 0.646. The normalized spacial score (nSPS) is 16.9. The summed E-state index contributed by atoms with van der Waals surface area (Å²) < 4.78 is 0. The third-order valence-electron chi connectivity index (χ3n) is 2.18. The molecule has 0 fully saturated rings. The fraction of sp³-hybridized carbons (Fsp3) is 1.00. The molecular formula is C9H22N2. The molecule has 0 spiro atoms. The maximum Gasteiger partial charge on any atom is 0.00638 e. The minimum Gasteiger partial charge on any atom is -0.319 e. The van der Waals surface area contributed by atoms with Crippen LogP contribution in [-0.2, 0) is 0 Å². The Morgan fingerprint density at radius 1 is 1.27 bits per heavy atom. The lowest BCUT2D eigenvalue weighted by molar-refractivity contribution is 0.266. The highest BCUT2D eigenvalue weighted by Crippen LogP contribution is 2.07. The molecule has 0 aliphatic heterocycles. The molecule has 0 aliphatic rings. The molecule has 0 aromatic carbocycles. The molecule has 0 saturated carbocycles. The molecule has 0 amide bonds. The van der Waals surface area contributed by atoms with Gasteiger partial charge >= 0.3 is 0 Å². The van der Waals surface area contributed by atoms with Crippen LogP contribution >= 0.6 is 0 Å². The minimum atomic E-state index is 0.693. The highest BCUT2D eigenvalue weighted by Gasteiger charge is 2.08. The van der Waals surface area contributed by atoms with Gasteiger partial charge in [-0.25, -0.2) is 0 Å². The van der Waals surface area contributed by atoms with Crippen LogP contribution in [-0.4, -0.2) is 38.6 Å². The van der Waals surface area contributed by atoms with Crippen LogP contribution < -0.4 is 5.32 Å². The molecule has 11 heavy (non-hydrogen) atoms. The van der Waals surface area contributed by atoms with Gasteiger partial charge in [-0.05, 0) is 47.0 Å². The highest BCUT2D eigenvalue weighted by atomic mass is 15.1. The van der Waals surface area contributed by atoms with Gasteiger partial charge in [-0.1, -0.05) is 6.92 Å². The van der Waals surface area contributed by atoms with Crippen molar-refractivity contribution in [1.82, 2.24) is 10.2 Å². The Hall–Kier alpha value is -0.0800. The minimum absolute atomic E-state index is 0.693. The molecule has 2 unspecified atom stereocenters. The van der Waals surface area contributed by atoms with E-state index in [0.29, 0.717) is 6.04 Å². The van der Waals surface area contributed by atoms with Crippen LogP contribution in [0.5, 0.6) is 0 Å². The van der Waals surface area contributed by atoms with Crippen molar-refractivity contribution < 1.29 is 0 Å². The lowest BCUT2D eigenvalue weighted by Crippen LogP contribution is -2.29. The molecule has 0 aromatic heterocycles. The summed E-state index contributed by atoms with van der Waals surface area (Å²) in [5, 5.41) is 3.19. The third kappa shape index (κ3) is 5.22. The van der Waals surface area contributed by atoms with Gasteiger partial charge in [0.15, 0.2) is 0 Å². The summed E-state index contributed by atoms with van der Waals surface area (Å²) in [4.78, 5) is 2.27. The Morgan fingerprint density at radius 3 is 2.18 bits per heavy atom. The fourth-order valence-corrected chi connectivity index (χ4v) is 1.22. The summed E-state index contributed by atoms with van der Waals surface area (Å²) in [5.74, 6) is 0.775. The van der Waals surface area contributed by atoms with Crippen LogP contribution in [0.4, 0.5) is 0 Å². The molecule has 2 nitrogen and oxygen atoms in total. The van der Waals surface area contributed by atoms with Gasteiger partial charge in [-0.15, -0.1) is 0 Å². The number of nitrogens with one attached hydrogen (secondary N) is 1. The van der Waals surface area contributed by atoms with Crippen molar-refractivity contribution in [2.75, 3.05) is 27.7 Å². The zero-order valence-corrected chi connectivity index (χ0v) is 8.52. The van der Waals surface area contributed by atoms with E-state index >= 15 is 0 Å². The van der Waals surface area contributed by atoms with Gasteiger partial charge in [0.25, 0.3) is 0 Å². The maximum atomic E-state index is 3.19. The van der Waals surface area contributed by atoms with E-state index in [1.54, 1.807) is 0 Å². The Morgan fingerprint density at radius 2 is 1.82 bits per heavy atom. The molecule has 0 aromatic rings. The van der Waals surface area contributed by atoms with E-state index in [-0.39, 0.29) is 0 Å². The fourth-order valence-electron chi connectivity index (χ4n) is 1.22. The zero-order chi connectivity index (χ0) is 8.85. The van der Waals surface area contributed by atoms with Crippen molar-refractivity contribution in [1.29, 1.82) is 0 Å². The molecule has 2 atom stereocenters. The first-order valence-corrected chi connectivity index (χ1v) is 4.39. The summed E-state index contributed by atoms with van der Waals surface area (Å²) in [6.45, 7) is 5.68. The van der Waals surface area contributed by atoms with Gasteiger partial charge < -0.3 is 10.2 Å². The lowest BCUT2D eigenvalue weighted by Gasteiger charge is -2.22. The van der Waals surface area contributed by atoms with Gasteiger partial charge in [0.05, 0.1) is 0 Å². The van der Waals surface area contributed by atoms with Crippen molar-refractivity contribution in [3.63, 3.8) is 0 Å². The average Bonchev–Trinajstić information content (AvgIpc) is 1.87. The smallest absolute Gasteiger partial charge is 0.00638 e. The van der Waals surface area contributed by atoms with Gasteiger partial charge in [0, 0.05) is 6.04 Å². The van der Waals surface area contributed by atoms with Crippen LogP contribution in [0.15, 0.2) is 0 Å². The zero-order valence-electron chi connectivity index (χ0n) is 8.52. The number of hydrogen-bond donors (Lipinski definition) is 1. The maximum absolute atomic E-state index is 3.19. The van der Waals surface area contributed by atoms with Crippen molar-refractivity contribution in [2.45, 2.75) is 26.3 Å². The molecule has 0 aliphatic carbocycles.